The Balaban J connectivity index is 1.64. The van der Waals surface area contributed by atoms with Crippen LogP contribution in [0.15, 0.2) is 30.9 Å². The Hall–Kier alpha value is -1.07. The summed E-state index contributed by atoms with van der Waals surface area (Å²) in [7, 11) is 0. The lowest BCUT2D eigenvalue weighted by Crippen LogP contribution is -2.46. The lowest BCUT2D eigenvalue weighted by Gasteiger charge is -2.35. The van der Waals surface area contributed by atoms with Crippen LogP contribution in [0.2, 0.25) is 5.02 Å². The van der Waals surface area contributed by atoms with Crippen LogP contribution in [0.5, 0.6) is 5.75 Å². The lowest BCUT2D eigenvalue weighted by molar-refractivity contribution is -0.0734. The number of hydrogen-bond acceptors (Lipinski definition) is 4. The van der Waals surface area contributed by atoms with E-state index in [0.717, 1.165) is 37.4 Å². The Morgan fingerprint density at radius 3 is 2.71 bits per heavy atom. The molecule has 1 aliphatic heterocycles. The number of morpholine rings is 1. The predicted octanol–water partition coefficient (Wildman–Crippen LogP) is 3.57. The summed E-state index contributed by atoms with van der Waals surface area (Å²) in [6.45, 7) is 12.7. The zero-order valence-electron chi connectivity index (χ0n) is 14.7. The minimum Gasteiger partial charge on any atom is -0.491 e. The van der Waals surface area contributed by atoms with Crippen LogP contribution in [0.25, 0.3) is 0 Å². The van der Waals surface area contributed by atoms with Crippen LogP contribution in [0.3, 0.4) is 0 Å². The number of benzene rings is 1. The maximum Gasteiger partial charge on any atom is 0.123 e. The Morgan fingerprint density at radius 1 is 1.25 bits per heavy atom. The van der Waals surface area contributed by atoms with Crippen molar-refractivity contribution in [2.45, 2.75) is 32.5 Å². The van der Waals surface area contributed by atoms with Gasteiger partial charge in [0.05, 0.1) is 25.4 Å². The quantitative estimate of drug-likeness (QED) is 0.501. The molecule has 2 atom stereocenters. The van der Waals surface area contributed by atoms with Crippen molar-refractivity contribution < 1.29 is 14.2 Å². The van der Waals surface area contributed by atoms with Gasteiger partial charge in [-0.3, -0.25) is 4.90 Å². The first kappa shape index (κ1) is 19.3. The number of halogens is 1. The summed E-state index contributed by atoms with van der Waals surface area (Å²) in [5.41, 5.74) is 1.05. The average Bonchev–Trinajstić information content (AvgIpc) is 2.52. The second-order valence-electron chi connectivity index (χ2n) is 6.22. The maximum absolute atomic E-state index is 6.02. The van der Waals surface area contributed by atoms with Gasteiger partial charge in [-0.25, -0.2) is 0 Å². The van der Waals surface area contributed by atoms with Gasteiger partial charge >= 0.3 is 0 Å². The molecule has 1 aromatic rings. The number of nitrogens with zero attached hydrogens (tertiary/aromatic N) is 1. The highest BCUT2D eigenvalue weighted by Gasteiger charge is 2.21. The van der Waals surface area contributed by atoms with E-state index in [9.17, 15) is 0 Å². The SMILES string of the molecule is C=CCc1cc(Cl)ccc1OCCOCCN1C[C@@H](C)O[C@H](C)C1. The largest absolute Gasteiger partial charge is 0.491 e. The van der Waals surface area contributed by atoms with Crippen LogP contribution >= 0.6 is 11.6 Å². The van der Waals surface area contributed by atoms with Gasteiger partial charge in [0.15, 0.2) is 0 Å². The first-order valence-electron chi connectivity index (χ1n) is 8.56. The minimum atomic E-state index is 0.297. The van der Waals surface area contributed by atoms with E-state index in [1.54, 1.807) is 0 Å². The van der Waals surface area contributed by atoms with Crippen molar-refractivity contribution in [1.29, 1.82) is 0 Å². The van der Waals surface area contributed by atoms with Gasteiger partial charge in [-0.15, -0.1) is 6.58 Å². The topological polar surface area (TPSA) is 30.9 Å². The third-order valence-corrected chi connectivity index (χ3v) is 4.15. The molecule has 0 bridgehead atoms. The standard InChI is InChI=1S/C19H28ClNO3/c1-4-5-17-12-18(20)6-7-19(17)23-11-10-22-9-8-21-13-15(2)24-16(3)14-21/h4,6-7,12,15-16H,1,5,8-11,13-14H2,2-3H3/t15-,16-/m1/s1. The molecule has 0 unspecified atom stereocenters. The Bertz CT molecular complexity index is 513. The van der Waals surface area contributed by atoms with E-state index >= 15 is 0 Å². The molecule has 24 heavy (non-hydrogen) atoms. The van der Waals surface area contributed by atoms with E-state index in [2.05, 4.69) is 25.3 Å². The molecule has 0 N–H and O–H groups in total. The monoisotopic (exact) mass is 353 g/mol. The van der Waals surface area contributed by atoms with Gasteiger partial charge in [-0.2, -0.15) is 0 Å². The molecule has 134 valence electrons. The van der Waals surface area contributed by atoms with Crippen LogP contribution in [-0.4, -0.2) is 56.6 Å². The summed E-state index contributed by atoms with van der Waals surface area (Å²) in [6, 6.07) is 5.66. The molecule has 4 nitrogen and oxygen atoms in total. The Kier molecular flexibility index (Phi) is 8.06. The molecule has 1 saturated heterocycles. The van der Waals surface area contributed by atoms with E-state index in [1.807, 2.05) is 24.3 Å². The normalized spacial score (nSPS) is 21.6. The maximum atomic E-state index is 6.02. The van der Waals surface area contributed by atoms with Crippen LogP contribution in [0, 0.1) is 0 Å². The zero-order valence-corrected chi connectivity index (χ0v) is 15.4. The summed E-state index contributed by atoms with van der Waals surface area (Å²) < 4.78 is 17.2. The highest BCUT2D eigenvalue weighted by molar-refractivity contribution is 6.30. The molecular formula is C19H28ClNO3. The van der Waals surface area contributed by atoms with E-state index in [1.165, 1.54) is 0 Å². The first-order valence-corrected chi connectivity index (χ1v) is 8.94. The predicted molar refractivity (Wildman–Crippen MR) is 98.1 cm³/mol. The lowest BCUT2D eigenvalue weighted by atomic mass is 10.1. The van der Waals surface area contributed by atoms with Gasteiger partial charge in [0.1, 0.15) is 12.4 Å². The fourth-order valence-corrected chi connectivity index (χ4v) is 3.17. The molecule has 0 aliphatic carbocycles. The van der Waals surface area contributed by atoms with Gasteiger partial charge < -0.3 is 14.2 Å². The zero-order chi connectivity index (χ0) is 17.4. The van der Waals surface area contributed by atoms with Crippen LogP contribution < -0.4 is 4.74 Å². The van der Waals surface area contributed by atoms with Crippen molar-refractivity contribution in [3.63, 3.8) is 0 Å². The third kappa shape index (κ3) is 6.44. The molecule has 0 radical (unpaired) electrons. The molecule has 0 aromatic heterocycles. The molecule has 1 aromatic carbocycles. The van der Waals surface area contributed by atoms with E-state index in [0.29, 0.717) is 37.1 Å². The highest BCUT2D eigenvalue weighted by atomic mass is 35.5. The van der Waals surface area contributed by atoms with Gasteiger partial charge in [-0.1, -0.05) is 17.7 Å². The van der Waals surface area contributed by atoms with Crippen molar-refractivity contribution in [3.05, 3.63) is 41.4 Å². The molecule has 1 fully saturated rings. The number of ether oxygens (including phenoxy) is 3. The number of rotatable bonds is 9. The Labute approximate surface area is 150 Å². The smallest absolute Gasteiger partial charge is 0.123 e. The van der Waals surface area contributed by atoms with Crippen molar-refractivity contribution >= 4 is 11.6 Å². The van der Waals surface area contributed by atoms with E-state index in [4.69, 9.17) is 25.8 Å². The molecule has 0 spiro atoms. The molecule has 1 aliphatic rings. The summed E-state index contributed by atoms with van der Waals surface area (Å²) in [5, 5.41) is 0.712. The van der Waals surface area contributed by atoms with E-state index < -0.39 is 0 Å². The molecule has 5 heteroatoms. The molecular weight excluding hydrogens is 326 g/mol. The second-order valence-corrected chi connectivity index (χ2v) is 6.66. The average molecular weight is 354 g/mol. The molecule has 1 heterocycles. The van der Waals surface area contributed by atoms with Crippen LogP contribution in [-0.2, 0) is 15.9 Å². The fourth-order valence-electron chi connectivity index (χ4n) is 2.98. The second kappa shape index (κ2) is 10.0. The van der Waals surface area contributed by atoms with Crippen molar-refractivity contribution in [2.24, 2.45) is 0 Å². The number of allylic oxidation sites excluding steroid dienone is 1. The van der Waals surface area contributed by atoms with Crippen LogP contribution in [0.1, 0.15) is 19.4 Å². The highest BCUT2D eigenvalue weighted by Crippen LogP contribution is 2.23. The molecule has 0 saturated carbocycles. The van der Waals surface area contributed by atoms with Gasteiger partial charge in [0, 0.05) is 24.7 Å². The Morgan fingerprint density at radius 2 is 2.00 bits per heavy atom. The van der Waals surface area contributed by atoms with Crippen molar-refractivity contribution in [2.75, 3.05) is 39.5 Å². The first-order chi connectivity index (χ1) is 11.6. The van der Waals surface area contributed by atoms with Crippen molar-refractivity contribution in [3.8, 4) is 5.75 Å². The summed E-state index contributed by atoms with van der Waals surface area (Å²) in [4.78, 5) is 2.39. The number of hydrogen-bond donors (Lipinski definition) is 0. The van der Waals surface area contributed by atoms with Gasteiger partial charge in [0.2, 0.25) is 0 Å². The van der Waals surface area contributed by atoms with Gasteiger partial charge in [-0.05, 0) is 44.0 Å². The van der Waals surface area contributed by atoms with Gasteiger partial charge in [0.25, 0.3) is 0 Å². The van der Waals surface area contributed by atoms with Crippen LogP contribution in [0.4, 0.5) is 0 Å². The fraction of sp³-hybridized carbons (Fsp3) is 0.579. The molecule has 2 rings (SSSR count). The summed E-state index contributed by atoms with van der Waals surface area (Å²) in [6.07, 6.45) is 3.18. The van der Waals surface area contributed by atoms with Crippen molar-refractivity contribution in [1.82, 2.24) is 4.90 Å². The third-order valence-electron chi connectivity index (χ3n) is 3.92. The van der Waals surface area contributed by atoms with E-state index in [-0.39, 0.29) is 0 Å². The summed E-state index contributed by atoms with van der Waals surface area (Å²) >= 11 is 6.02. The minimum absolute atomic E-state index is 0.297. The molecule has 0 amide bonds. The summed E-state index contributed by atoms with van der Waals surface area (Å²) in [5.74, 6) is 0.846.